The quantitative estimate of drug-likeness (QED) is 0.0810. The Morgan fingerprint density at radius 1 is 0.857 bits per heavy atom. The molecule has 14 heteroatoms. The Balaban J connectivity index is 1.21. The van der Waals surface area contributed by atoms with Crippen LogP contribution in [0.3, 0.4) is 0 Å². The zero-order chi connectivity index (χ0) is 34.7. The van der Waals surface area contributed by atoms with Gasteiger partial charge in [0.1, 0.15) is 30.0 Å². The molecular formula is C35H28F4N6O4. The minimum absolute atomic E-state index is 0.0681. The first-order chi connectivity index (χ1) is 23.6. The summed E-state index contributed by atoms with van der Waals surface area (Å²) in [7, 11) is 0. The van der Waals surface area contributed by atoms with Crippen LogP contribution < -0.4 is 10.5 Å². The molecule has 0 aliphatic carbocycles. The maximum absolute atomic E-state index is 14.5. The van der Waals surface area contributed by atoms with Crippen molar-refractivity contribution in [2.75, 3.05) is 31.1 Å². The average Bonchev–Trinajstić information content (AvgIpc) is 3.65. The predicted octanol–water partition coefficient (Wildman–Crippen LogP) is 4.44. The molecule has 6 rings (SSSR count). The summed E-state index contributed by atoms with van der Waals surface area (Å²) >= 11 is 0. The Morgan fingerprint density at radius 2 is 1.57 bits per heavy atom. The molecule has 2 aromatic heterocycles. The Labute approximate surface area is 276 Å². The lowest BCUT2D eigenvalue weighted by Gasteiger charge is -2.35. The van der Waals surface area contributed by atoms with Gasteiger partial charge in [-0.25, -0.2) is 27.2 Å². The molecule has 10 nitrogen and oxygen atoms in total. The van der Waals surface area contributed by atoms with Crippen LogP contribution in [0.15, 0.2) is 96.5 Å². The summed E-state index contributed by atoms with van der Waals surface area (Å²) in [5, 5.41) is 15.0. The van der Waals surface area contributed by atoms with Crippen LogP contribution in [-0.4, -0.2) is 67.2 Å². The van der Waals surface area contributed by atoms with Crippen LogP contribution >= 0.6 is 0 Å². The molecule has 0 saturated carbocycles. The van der Waals surface area contributed by atoms with E-state index in [0.29, 0.717) is 30.8 Å². The molecule has 5 aromatic rings. The number of amides is 1. The van der Waals surface area contributed by atoms with Gasteiger partial charge in [0.05, 0.1) is 17.8 Å². The topological polar surface area (TPSA) is 114 Å². The van der Waals surface area contributed by atoms with Crippen molar-refractivity contribution in [3.63, 3.8) is 0 Å². The van der Waals surface area contributed by atoms with Gasteiger partial charge >= 0.3 is 0 Å². The monoisotopic (exact) mass is 672 g/mol. The number of hydrogen-bond acceptors (Lipinski definition) is 7. The van der Waals surface area contributed by atoms with Gasteiger partial charge < -0.3 is 19.5 Å². The highest BCUT2D eigenvalue weighted by Crippen LogP contribution is 2.22. The van der Waals surface area contributed by atoms with Crippen LogP contribution in [0.2, 0.25) is 0 Å². The molecule has 1 aliphatic heterocycles. The van der Waals surface area contributed by atoms with Gasteiger partial charge in [0.25, 0.3) is 11.5 Å². The second-order valence-corrected chi connectivity index (χ2v) is 11.4. The molecule has 0 spiro atoms. The van der Waals surface area contributed by atoms with E-state index in [2.05, 4.69) is 10.1 Å². The average molecular weight is 673 g/mol. The minimum atomic E-state index is -1.42. The van der Waals surface area contributed by atoms with Gasteiger partial charge in [-0.2, -0.15) is 5.10 Å². The van der Waals surface area contributed by atoms with Crippen LogP contribution in [0.5, 0.6) is 0 Å². The summed E-state index contributed by atoms with van der Waals surface area (Å²) in [4.78, 5) is 46.8. The Bertz CT molecular complexity index is 2110. The molecule has 0 bridgehead atoms. The third-order valence-electron chi connectivity index (χ3n) is 8.12. The molecule has 1 amide bonds. The Hall–Kier alpha value is -6.05. The first-order valence-electron chi connectivity index (χ1n) is 15.1. The number of hydrogen-bond donors (Lipinski definition) is 1. The summed E-state index contributed by atoms with van der Waals surface area (Å²) in [6, 6.07) is 15.4. The van der Waals surface area contributed by atoms with Crippen molar-refractivity contribution < 1.29 is 32.3 Å². The molecule has 1 fully saturated rings. The minimum Gasteiger partial charge on any atom is -0.507 e. The first kappa shape index (κ1) is 32.9. The summed E-state index contributed by atoms with van der Waals surface area (Å²) in [6.07, 6.45) is 4.34. The molecular weight excluding hydrogens is 644 g/mol. The molecule has 0 unspecified atom stereocenters. The van der Waals surface area contributed by atoms with E-state index >= 15 is 0 Å². The van der Waals surface area contributed by atoms with Crippen LogP contribution in [0.25, 0.3) is 11.4 Å². The van der Waals surface area contributed by atoms with E-state index in [1.54, 1.807) is 17.1 Å². The number of benzene rings is 3. The van der Waals surface area contributed by atoms with Gasteiger partial charge in [0, 0.05) is 56.1 Å². The van der Waals surface area contributed by atoms with E-state index in [0.717, 1.165) is 28.1 Å². The fraction of sp³-hybridized carbons (Fsp3) is 0.171. The number of nitrogens with zero attached hydrogens (tertiary/aromatic N) is 6. The normalized spacial score (nSPS) is 13.5. The van der Waals surface area contributed by atoms with E-state index in [9.17, 15) is 37.1 Å². The lowest BCUT2D eigenvalue weighted by Crippen LogP contribution is -2.50. The third kappa shape index (κ3) is 7.27. The van der Waals surface area contributed by atoms with E-state index in [1.807, 2.05) is 29.2 Å². The van der Waals surface area contributed by atoms with E-state index < -0.39 is 63.8 Å². The van der Waals surface area contributed by atoms with Crippen molar-refractivity contribution >= 4 is 23.1 Å². The number of rotatable bonds is 9. The molecule has 1 N–H and O–H groups in total. The highest BCUT2D eigenvalue weighted by Gasteiger charge is 2.26. The van der Waals surface area contributed by atoms with Gasteiger partial charge in [0.15, 0.2) is 11.6 Å². The lowest BCUT2D eigenvalue weighted by atomic mass is 10.0. The lowest BCUT2D eigenvalue weighted by molar-refractivity contribution is -0.142. The van der Waals surface area contributed by atoms with Gasteiger partial charge in [0.2, 0.25) is 5.78 Å². The van der Waals surface area contributed by atoms with Crippen LogP contribution in [0.1, 0.15) is 22.3 Å². The van der Waals surface area contributed by atoms with E-state index in [-0.39, 0.29) is 25.2 Å². The van der Waals surface area contributed by atoms with Crippen molar-refractivity contribution in [2.24, 2.45) is 0 Å². The van der Waals surface area contributed by atoms with E-state index in [4.69, 9.17) is 0 Å². The molecule has 0 atom stereocenters. The van der Waals surface area contributed by atoms with Crippen molar-refractivity contribution in [3.8, 4) is 5.69 Å². The summed E-state index contributed by atoms with van der Waals surface area (Å²) < 4.78 is 59.5. The van der Waals surface area contributed by atoms with Crippen molar-refractivity contribution in [3.05, 3.63) is 148 Å². The molecule has 1 saturated heterocycles. The maximum atomic E-state index is 14.5. The second-order valence-electron chi connectivity index (χ2n) is 11.4. The van der Waals surface area contributed by atoms with Crippen LogP contribution in [0.4, 0.5) is 23.2 Å². The van der Waals surface area contributed by atoms with E-state index in [1.165, 1.54) is 35.6 Å². The van der Waals surface area contributed by atoms with Gasteiger partial charge in [-0.05, 0) is 65.7 Å². The van der Waals surface area contributed by atoms with Gasteiger partial charge in [-0.3, -0.25) is 14.4 Å². The smallest absolute Gasteiger partial charge is 0.294 e. The van der Waals surface area contributed by atoms with Crippen molar-refractivity contribution in [1.29, 1.82) is 0 Å². The Kier molecular flexibility index (Phi) is 9.38. The number of anilines is 1. The van der Waals surface area contributed by atoms with Crippen LogP contribution in [0, 0.1) is 23.3 Å². The zero-order valence-electron chi connectivity index (χ0n) is 25.8. The number of halogens is 4. The number of aromatic nitrogens is 4. The van der Waals surface area contributed by atoms with Crippen LogP contribution in [-0.2, 0) is 22.6 Å². The Morgan fingerprint density at radius 3 is 2.27 bits per heavy atom. The second kappa shape index (κ2) is 14.0. The summed E-state index contributed by atoms with van der Waals surface area (Å²) in [5.74, 6) is -7.15. The first-order valence-corrected chi connectivity index (χ1v) is 15.1. The largest absolute Gasteiger partial charge is 0.507 e. The summed E-state index contributed by atoms with van der Waals surface area (Å²) in [6.45, 7) is 1.07. The third-order valence-corrected chi connectivity index (χ3v) is 8.12. The molecule has 0 radical (unpaired) electrons. The van der Waals surface area contributed by atoms with Gasteiger partial charge in [-0.1, -0.05) is 12.1 Å². The SMILES string of the molecule is O=C(/C=C(/O)c1cc(Cc2c(F)ccc(F)c2F)cn(Cc2cccc(F)c2)c1=O)C(=O)N1CCN(c2ccc(-n3cncn3)cc2)CC1. The molecule has 1 aliphatic rings. The van der Waals surface area contributed by atoms with Crippen molar-refractivity contribution in [1.82, 2.24) is 24.2 Å². The number of carbonyl (C=O) groups is 2. The molecule has 49 heavy (non-hydrogen) atoms. The number of aliphatic hydroxyl groups excluding tert-OH is 1. The number of piperazine rings is 1. The number of aliphatic hydroxyl groups is 1. The maximum Gasteiger partial charge on any atom is 0.294 e. The number of pyridine rings is 1. The fourth-order valence-corrected chi connectivity index (χ4v) is 5.61. The highest BCUT2D eigenvalue weighted by molar-refractivity contribution is 6.41. The van der Waals surface area contributed by atoms with Crippen molar-refractivity contribution in [2.45, 2.75) is 13.0 Å². The molecule has 3 heterocycles. The highest BCUT2D eigenvalue weighted by atomic mass is 19.2. The number of ketones is 1. The van der Waals surface area contributed by atoms with Gasteiger partial charge in [-0.15, -0.1) is 0 Å². The molecule has 250 valence electrons. The standard InChI is InChI=1S/C35H28F4N6O4/c36-24-3-1-2-22(14-24)18-44-19-23(15-27-29(37)8-9-30(38)33(27)39)16-28(34(44)48)31(46)17-32(47)35(49)43-12-10-42(11-13-43)25-4-6-26(7-5-25)45-21-40-20-41-45/h1-9,14,16-17,19-21,46H,10-13,15,18H2/b31-17+. The predicted molar refractivity (Wildman–Crippen MR) is 171 cm³/mol. The zero-order valence-corrected chi connectivity index (χ0v) is 25.8. The summed E-state index contributed by atoms with van der Waals surface area (Å²) in [5.41, 5.74) is 0.255. The molecule has 3 aromatic carbocycles. The fourth-order valence-electron chi connectivity index (χ4n) is 5.61. The number of carbonyl (C=O) groups excluding carboxylic acids is 2.